The van der Waals surface area contributed by atoms with Gasteiger partial charge in [-0.1, -0.05) is 19.1 Å². The summed E-state index contributed by atoms with van der Waals surface area (Å²) < 4.78 is 0. The summed E-state index contributed by atoms with van der Waals surface area (Å²) in [6.07, 6.45) is 3.05. The van der Waals surface area contributed by atoms with Crippen LogP contribution in [-0.4, -0.2) is 19.0 Å². The number of carbonyl (C=O) groups excluding carboxylic acids is 1. The van der Waals surface area contributed by atoms with Gasteiger partial charge >= 0.3 is 0 Å². The molecule has 0 spiro atoms. The Hall–Kier alpha value is -1.35. The Morgan fingerprint density at radius 3 is 2.67 bits per heavy atom. The van der Waals surface area contributed by atoms with Crippen LogP contribution in [0, 0.1) is 5.41 Å². The van der Waals surface area contributed by atoms with Crippen LogP contribution in [-0.2, 0) is 11.2 Å². The first-order valence-corrected chi connectivity index (χ1v) is 6.75. The SMILES string of the molecule is CCc1ccc(NC(=O)C2(C)CCCNC2)cc1. The van der Waals surface area contributed by atoms with Gasteiger partial charge in [-0.2, -0.15) is 0 Å². The molecule has 0 radical (unpaired) electrons. The maximum absolute atomic E-state index is 12.3. The molecule has 1 aliphatic rings. The highest BCUT2D eigenvalue weighted by Crippen LogP contribution is 2.27. The zero-order chi connectivity index (χ0) is 13.0. The van der Waals surface area contributed by atoms with Gasteiger partial charge < -0.3 is 10.6 Å². The van der Waals surface area contributed by atoms with Crippen molar-refractivity contribution in [1.82, 2.24) is 5.32 Å². The minimum atomic E-state index is -0.276. The fourth-order valence-corrected chi connectivity index (χ4v) is 2.36. The molecule has 2 N–H and O–H groups in total. The van der Waals surface area contributed by atoms with Gasteiger partial charge in [0.1, 0.15) is 0 Å². The average molecular weight is 246 g/mol. The van der Waals surface area contributed by atoms with Crippen LogP contribution in [0.3, 0.4) is 0 Å². The van der Waals surface area contributed by atoms with Crippen LogP contribution < -0.4 is 10.6 Å². The van der Waals surface area contributed by atoms with Crippen molar-refractivity contribution >= 4 is 11.6 Å². The van der Waals surface area contributed by atoms with E-state index in [9.17, 15) is 4.79 Å². The Morgan fingerprint density at radius 1 is 1.39 bits per heavy atom. The number of nitrogens with one attached hydrogen (secondary N) is 2. The molecule has 1 aliphatic heterocycles. The maximum Gasteiger partial charge on any atom is 0.231 e. The van der Waals surface area contributed by atoms with Crippen LogP contribution in [0.5, 0.6) is 0 Å². The second-order valence-electron chi connectivity index (χ2n) is 5.35. The average Bonchev–Trinajstić information content (AvgIpc) is 2.40. The maximum atomic E-state index is 12.3. The summed E-state index contributed by atoms with van der Waals surface area (Å²) in [5.74, 6) is 0.124. The Bertz CT molecular complexity index is 405. The van der Waals surface area contributed by atoms with Crippen molar-refractivity contribution in [3.05, 3.63) is 29.8 Å². The normalized spacial score (nSPS) is 23.7. The zero-order valence-electron chi connectivity index (χ0n) is 11.3. The van der Waals surface area contributed by atoms with Gasteiger partial charge in [0, 0.05) is 12.2 Å². The molecule has 0 aromatic heterocycles. The summed E-state index contributed by atoms with van der Waals surface area (Å²) in [6.45, 7) is 5.96. The molecule has 2 rings (SSSR count). The van der Waals surface area contributed by atoms with E-state index in [4.69, 9.17) is 0 Å². The first-order chi connectivity index (χ1) is 8.64. The van der Waals surface area contributed by atoms with Gasteiger partial charge in [0.25, 0.3) is 0 Å². The largest absolute Gasteiger partial charge is 0.326 e. The van der Waals surface area contributed by atoms with Crippen LogP contribution in [0.4, 0.5) is 5.69 Å². The summed E-state index contributed by atoms with van der Waals surface area (Å²) >= 11 is 0. The summed E-state index contributed by atoms with van der Waals surface area (Å²) in [5.41, 5.74) is 1.91. The van der Waals surface area contributed by atoms with Crippen LogP contribution in [0.1, 0.15) is 32.3 Å². The molecule has 1 aromatic carbocycles. The number of hydrogen-bond acceptors (Lipinski definition) is 2. The van der Waals surface area contributed by atoms with Crippen molar-refractivity contribution < 1.29 is 4.79 Å². The first kappa shape index (κ1) is 13.1. The van der Waals surface area contributed by atoms with Crippen molar-refractivity contribution in [3.63, 3.8) is 0 Å². The predicted molar refractivity (Wildman–Crippen MR) is 74.7 cm³/mol. The van der Waals surface area contributed by atoms with Gasteiger partial charge in [0.05, 0.1) is 5.41 Å². The predicted octanol–water partition coefficient (Wildman–Crippen LogP) is 2.58. The molecule has 3 heteroatoms. The first-order valence-electron chi connectivity index (χ1n) is 6.75. The van der Waals surface area contributed by atoms with Crippen LogP contribution >= 0.6 is 0 Å². The Labute approximate surface area is 109 Å². The van der Waals surface area contributed by atoms with Crippen LogP contribution in [0.15, 0.2) is 24.3 Å². The van der Waals surface area contributed by atoms with E-state index >= 15 is 0 Å². The molecule has 0 saturated carbocycles. The van der Waals surface area contributed by atoms with Crippen LogP contribution in [0.25, 0.3) is 0 Å². The number of benzene rings is 1. The minimum absolute atomic E-state index is 0.124. The van der Waals surface area contributed by atoms with Gasteiger partial charge in [-0.25, -0.2) is 0 Å². The van der Waals surface area contributed by atoms with E-state index in [-0.39, 0.29) is 11.3 Å². The van der Waals surface area contributed by atoms with Crippen molar-refractivity contribution in [3.8, 4) is 0 Å². The fraction of sp³-hybridized carbons (Fsp3) is 0.533. The Balaban J connectivity index is 2.01. The van der Waals surface area contributed by atoms with Gasteiger partial charge in [0.15, 0.2) is 0 Å². The number of aryl methyl sites for hydroxylation is 1. The standard InChI is InChI=1S/C15H22N2O/c1-3-12-5-7-13(8-6-12)17-14(18)15(2)9-4-10-16-11-15/h5-8,16H,3-4,9-11H2,1-2H3,(H,17,18). The highest BCUT2D eigenvalue weighted by atomic mass is 16.2. The third-order valence-corrected chi connectivity index (χ3v) is 3.77. The lowest BCUT2D eigenvalue weighted by atomic mass is 9.82. The summed E-state index contributed by atoms with van der Waals surface area (Å²) in [7, 11) is 0. The van der Waals surface area contributed by atoms with Gasteiger partial charge in [-0.3, -0.25) is 4.79 Å². The molecule has 1 fully saturated rings. The molecular formula is C15H22N2O. The van der Waals surface area contributed by atoms with Gasteiger partial charge in [0.2, 0.25) is 5.91 Å². The summed E-state index contributed by atoms with van der Waals surface area (Å²) in [4.78, 5) is 12.3. The fourth-order valence-electron chi connectivity index (χ4n) is 2.36. The highest BCUT2D eigenvalue weighted by molar-refractivity contribution is 5.95. The third-order valence-electron chi connectivity index (χ3n) is 3.77. The van der Waals surface area contributed by atoms with Gasteiger partial charge in [-0.05, 0) is 50.4 Å². The molecule has 1 saturated heterocycles. The quantitative estimate of drug-likeness (QED) is 0.860. The Morgan fingerprint density at radius 2 is 2.11 bits per heavy atom. The molecule has 0 aliphatic carbocycles. The molecule has 1 amide bonds. The molecular weight excluding hydrogens is 224 g/mol. The monoisotopic (exact) mass is 246 g/mol. The van der Waals surface area contributed by atoms with Crippen molar-refractivity contribution in [2.45, 2.75) is 33.1 Å². The van der Waals surface area contributed by atoms with Crippen molar-refractivity contribution in [2.24, 2.45) is 5.41 Å². The number of amides is 1. The lowest BCUT2D eigenvalue weighted by molar-refractivity contribution is -0.125. The summed E-state index contributed by atoms with van der Waals surface area (Å²) in [5, 5.41) is 6.32. The van der Waals surface area contributed by atoms with Crippen molar-refractivity contribution in [2.75, 3.05) is 18.4 Å². The zero-order valence-corrected chi connectivity index (χ0v) is 11.3. The van der Waals surface area contributed by atoms with E-state index in [1.807, 2.05) is 19.1 Å². The molecule has 18 heavy (non-hydrogen) atoms. The topological polar surface area (TPSA) is 41.1 Å². The smallest absolute Gasteiger partial charge is 0.231 e. The van der Waals surface area contributed by atoms with E-state index in [1.54, 1.807) is 0 Å². The van der Waals surface area contributed by atoms with Gasteiger partial charge in [-0.15, -0.1) is 0 Å². The molecule has 3 nitrogen and oxygen atoms in total. The Kier molecular flexibility index (Phi) is 4.02. The number of hydrogen-bond donors (Lipinski definition) is 2. The second-order valence-corrected chi connectivity index (χ2v) is 5.35. The van der Waals surface area contributed by atoms with E-state index in [1.165, 1.54) is 5.56 Å². The van der Waals surface area contributed by atoms with Crippen LogP contribution in [0.2, 0.25) is 0 Å². The van der Waals surface area contributed by atoms with E-state index < -0.39 is 0 Å². The minimum Gasteiger partial charge on any atom is -0.326 e. The lowest BCUT2D eigenvalue weighted by Gasteiger charge is -2.32. The second kappa shape index (κ2) is 5.53. The molecule has 1 unspecified atom stereocenters. The number of rotatable bonds is 3. The third kappa shape index (κ3) is 2.91. The molecule has 1 atom stereocenters. The molecule has 1 aromatic rings. The number of piperidine rings is 1. The molecule has 1 heterocycles. The van der Waals surface area contributed by atoms with Crippen molar-refractivity contribution in [1.29, 1.82) is 0 Å². The van der Waals surface area contributed by atoms with E-state index in [0.717, 1.165) is 38.0 Å². The van der Waals surface area contributed by atoms with E-state index in [2.05, 4.69) is 29.7 Å². The van der Waals surface area contributed by atoms with E-state index in [0.29, 0.717) is 0 Å². The molecule has 0 bridgehead atoms. The molecule has 98 valence electrons. The number of carbonyl (C=O) groups is 1. The lowest BCUT2D eigenvalue weighted by Crippen LogP contribution is -2.46. The number of anilines is 1. The summed E-state index contributed by atoms with van der Waals surface area (Å²) in [6, 6.07) is 8.10. The highest BCUT2D eigenvalue weighted by Gasteiger charge is 2.34.